The first-order valence-corrected chi connectivity index (χ1v) is 8.52. The number of hydrogen-bond acceptors (Lipinski definition) is 3. The third kappa shape index (κ3) is 5.84. The minimum Gasteiger partial charge on any atom is -0.483 e. The first-order valence-electron chi connectivity index (χ1n) is 8.52. The maximum absolute atomic E-state index is 12.9. The summed E-state index contributed by atoms with van der Waals surface area (Å²) in [7, 11) is 0. The van der Waals surface area contributed by atoms with Crippen molar-refractivity contribution in [3.63, 3.8) is 0 Å². The molecule has 0 aliphatic heterocycles. The van der Waals surface area contributed by atoms with Gasteiger partial charge in [0, 0.05) is 5.56 Å². The van der Waals surface area contributed by atoms with Crippen LogP contribution in [0.2, 0.25) is 0 Å². The Bertz CT molecular complexity index is 804. The van der Waals surface area contributed by atoms with E-state index in [1.807, 2.05) is 18.2 Å². The molecule has 0 radical (unpaired) electrons. The van der Waals surface area contributed by atoms with E-state index in [0.717, 1.165) is 24.3 Å². The Balaban J connectivity index is 1.96. The van der Waals surface area contributed by atoms with Gasteiger partial charge in [0.05, 0.1) is 11.8 Å². The van der Waals surface area contributed by atoms with Gasteiger partial charge in [-0.05, 0) is 30.0 Å². The van der Waals surface area contributed by atoms with Crippen LogP contribution in [-0.4, -0.2) is 18.7 Å². The van der Waals surface area contributed by atoms with Crippen LogP contribution in [0.3, 0.4) is 0 Å². The van der Waals surface area contributed by atoms with Crippen molar-refractivity contribution in [2.45, 2.75) is 32.4 Å². The number of nitrogens with zero attached hydrogens (tertiary/aromatic N) is 1. The van der Waals surface area contributed by atoms with Crippen molar-refractivity contribution in [3.8, 4) is 5.75 Å². The zero-order chi connectivity index (χ0) is 19.9. The molecule has 0 bridgehead atoms. The molecule has 0 spiro atoms. The number of amides is 1. The average Bonchev–Trinajstić information content (AvgIpc) is 2.65. The average molecular weight is 378 g/mol. The maximum Gasteiger partial charge on any atom is 0.417 e. The summed E-state index contributed by atoms with van der Waals surface area (Å²) in [4.78, 5) is 11.9. The molecule has 1 N–H and O–H groups in total. The van der Waals surface area contributed by atoms with Crippen LogP contribution in [0.4, 0.5) is 13.2 Å². The molecule has 0 aliphatic carbocycles. The molecule has 7 heteroatoms. The van der Waals surface area contributed by atoms with Crippen molar-refractivity contribution in [3.05, 3.63) is 65.2 Å². The highest BCUT2D eigenvalue weighted by Crippen LogP contribution is 2.31. The molecule has 0 saturated heterocycles. The van der Waals surface area contributed by atoms with Crippen molar-refractivity contribution in [2.75, 3.05) is 6.61 Å². The van der Waals surface area contributed by atoms with Crippen LogP contribution in [0.15, 0.2) is 53.6 Å². The molecule has 0 aromatic heterocycles. The van der Waals surface area contributed by atoms with Crippen molar-refractivity contribution in [1.29, 1.82) is 0 Å². The van der Waals surface area contributed by atoms with E-state index in [0.29, 0.717) is 5.75 Å². The number of ether oxygens (including phenoxy) is 1. The fraction of sp³-hybridized carbons (Fsp3) is 0.300. The number of hydrogen-bond donors (Lipinski definition) is 1. The first kappa shape index (κ1) is 20.5. The van der Waals surface area contributed by atoms with Crippen molar-refractivity contribution < 1.29 is 22.7 Å². The van der Waals surface area contributed by atoms with Gasteiger partial charge in [-0.25, -0.2) is 5.43 Å². The van der Waals surface area contributed by atoms with E-state index in [-0.39, 0.29) is 18.1 Å². The summed E-state index contributed by atoms with van der Waals surface area (Å²) in [6, 6.07) is 12.4. The number of halogens is 3. The molecule has 144 valence electrons. The van der Waals surface area contributed by atoms with Gasteiger partial charge >= 0.3 is 6.18 Å². The first-order chi connectivity index (χ1) is 12.8. The van der Waals surface area contributed by atoms with Crippen LogP contribution in [0.25, 0.3) is 0 Å². The lowest BCUT2D eigenvalue weighted by Gasteiger charge is -2.15. The van der Waals surface area contributed by atoms with E-state index >= 15 is 0 Å². The minimum atomic E-state index is -4.49. The topological polar surface area (TPSA) is 50.7 Å². The summed E-state index contributed by atoms with van der Waals surface area (Å²) in [5.41, 5.74) is 2.23. The summed E-state index contributed by atoms with van der Waals surface area (Å²) in [6.07, 6.45) is -2.60. The second-order valence-electron chi connectivity index (χ2n) is 6.01. The summed E-state index contributed by atoms with van der Waals surface area (Å²) in [5.74, 6) is 0.323. The van der Waals surface area contributed by atoms with Gasteiger partial charge in [-0.1, -0.05) is 50.2 Å². The van der Waals surface area contributed by atoms with Crippen LogP contribution < -0.4 is 10.2 Å². The highest BCUT2D eigenvalue weighted by molar-refractivity contribution is 5.84. The van der Waals surface area contributed by atoms with E-state index in [2.05, 4.69) is 24.4 Å². The van der Waals surface area contributed by atoms with Gasteiger partial charge in [0.2, 0.25) is 0 Å². The molecule has 2 aromatic rings. The normalized spacial score (nSPS) is 12.8. The molecule has 0 saturated carbocycles. The van der Waals surface area contributed by atoms with Crippen LogP contribution in [0.5, 0.6) is 5.75 Å². The Morgan fingerprint density at radius 3 is 2.56 bits per heavy atom. The predicted octanol–water partition coefficient (Wildman–Crippen LogP) is 4.75. The second kappa shape index (κ2) is 9.21. The number of hydrazone groups is 1. The molecular formula is C20H21F3N2O2. The number of alkyl halides is 3. The van der Waals surface area contributed by atoms with Gasteiger partial charge in [-0.3, -0.25) is 4.79 Å². The molecule has 4 nitrogen and oxygen atoms in total. The smallest absolute Gasteiger partial charge is 0.417 e. The molecular weight excluding hydrogens is 357 g/mol. The van der Waals surface area contributed by atoms with Crippen molar-refractivity contribution >= 4 is 12.1 Å². The standard InChI is InChI=1S/C20H21F3N2O2/c1-3-14(2)16-9-5-7-11-18(16)27-13-19(26)25-24-12-15-8-4-6-10-17(15)20(21,22)23/h4-12,14H,3,13H2,1-2H3,(H,25,26)/b24-12+. The summed E-state index contributed by atoms with van der Waals surface area (Å²) in [6.45, 7) is 3.83. The summed E-state index contributed by atoms with van der Waals surface area (Å²) in [5, 5.41) is 3.60. The molecule has 1 amide bonds. The third-order valence-electron chi connectivity index (χ3n) is 4.08. The molecule has 2 aromatic carbocycles. The zero-order valence-electron chi connectivity index (χ0n) is 15.1. The van der Waals surface area contributed by atoms with Crippen LogP contribution >= 0.6 is 0 Å². The van der Waals surface area contributed by atoms with Gasteiger partial charge in [0.1, 0.15) is 5.75 Å². The molecule has 1 unspecified atom stereocenters. The van der Waals surface area contributed by atoms with Gasteiger partial charge in [-0.15, -0.1) is 0 Å². The second-order valence-corrected chi connectivity index (χ2v) is 6.01. The predicted molar refractivity (Wildman–Crippen MR) is 97.8 cm³/mol. The highest BCUT2D eigenvalue weighted by atomic mass is 19.4. The highest BCUT2D eigenvalue weighted by Gasteiger charge is 2.32. The van der Waals surface area contributed by atoms with Crippen LogP contribution in [0.1, 0.15) is 42.9 Å². The number of para-hydroxylation sites is 1. The van der Waals surface area contributed by atoms with E-state index in [9.17, 15) is 18.0 Å². The SMILES string of the molecule is CCC(C)c1ccccc1OCC(=O)N/N=C/c1ccccc1C(F)(F)F. The van der Waals surface area contributed by atoms with Crippen LogP contribution in [0, 0.1) is 0 Å². The Kier molecular flexibility index (Phi) is 6.98. The Hall–Kier alpha value is -2.83. The molecule has 27 heavy (non-hydrogen) atoms. The monoisotopic (exact) mass is 378 g/mol. The van der Waals surface area contributed by atoms with Gasteiger partial charge in [0.25, 0.3) is 5.91 Å². The largest absolute Gasteiger partial charge is 0.483 e. The quantitative estimate of drug-likeness (QED) is 0.558. The summed E-state index contributed by atoms with van der Waals surface area (Å²) >= 11 is 0. The molecule has 0 fully saturated rings. The van der Waals surface area contributed by atoms with Crippen molar-refractivity contribution in [2.24, 2.45) is 5.10 Å². The Morgan fingerprint density at radius 2 is 1.85 bits per heavy atom. The number of rotatable bonds is 7. The third-order valence-corrected chi connectivity index (χ3v) is 4.08. The Labute approximate surface area is 156 Å². The van der Waals surface area contributed by atoms with Gasteiger partial charge in [-0.2, -0.15) is 18.3 Å². The maximum atomic E-state index is 12.9. The van der Waals surface area contributed by atoms with Gasteiger partial charge < -0.3 is 4.74 Å². The van der Waals surface area contributed by atoms with E-state index < -0.39 is 17.6 Å². The molecule has 0 aliphatic rings. The fourth-order valence-electron chi connectivity index (χ4n) is 2.46. The molecule has 0 heterocycles. The summed E-state index contributed by atoms with van der Waals surface area (Å²) < 4.78 is 44.3. The molecule has 2 rings (SSSR count). The zero-order valence-corrected chi connectivity index (χ0v) is 15.1. The number of carbonyl (C=O) groups excluding carboxylic acids is 1. The number of carbonyl (C=O) groups is 1. The molecule has 1 atom stereocenters. The lowest BCUT2D eigenvalue weighted by atomic mass is 9.98. The van der Waals surface area contributed by atoms with E-state index in [1.165, 1.54) is 18.2 Å². The number of nitrogens with one attached hydrogen (secondary N) is 1. The number of benzene rings is 2. The minimum absolute atomic E-state index is 0.131. The van der Waals surface area contributed by atoms with Crippen LogP contribution in [-0.2, 0) is 11.0 Å². The van der Waals surface area contributed by atoms with Crippen molar-refractivity contribution in [1.82, 2.24) is 5.43 Å². The lowest BCUT2D eigenvalue weighted by molar-refractivity contribution is -0.137. The van der Waals surface area contributed by atoms with E-state index in [4.69, 9.17) is 4.74 Å². The lowest BCUT2D eigenvalue weighted by Crippen LogP contribution is -2.25. The van der Waals surface area contributed by atoms with E-state index in [1.54, 1.807) is 6.07 Å². The Morgan fingerprint density at radius 1 is 1.19 bits per heavy atom. The fourth-order valence-corrected chi connectivity index (χ4v) is 2.46. The van der Waals surface area contributed by atoms with Gasteiger partial charge in [0.15, 0.2) is 6.61 Å².